The standard InChI is InChI=1S/C14H17Cl2NO2/c1-2-17-6-7-19-13(9-17)12(18)8-10-4-3-5-11(15)14(10)16/h3-5,13H,2,6-9H2,1H3. The number of halogens is 2. The Morgan fingerprint density at radius 1 is 1.47 bits per heavy atom. The van der Waals surface area contributed by atoms with Crippen molar-refractivity contribution in [2.24, 2.45) is 0 Å². The zero-order chi connectivity index (χ0) is 13.8. The van der Waals surface area contributed by atoms with Gasteiger partial charge in [-0.3, -0.25) is 9.69 Å². The van der Waals surface area contributed by atoms with E-state index >= 15 is 0 Å². The zero-order valence-corrected chi connectivity index (χ0v) is 12.4. The molecule has 1 fully saturated rings. The highest BCUT2D eigenvalue weighted by Gasteiger charge is 2.26. The predicted molar refractivity (Wildman–Crippen MR) is 77.0 cm³/mol. The topological polar surface area (TPSA) is 29.5 Å². The summed E-state index contributed by atoms with van der Waals surface area (Å²) in [6.45, 7) is 5.17. The minimum absolute atomic E-state index is 0.0577. The van der Waals surface area contributed by atoms with E-state index in [0.717, 1.165) is 18.7 Å². The molecule has 0 radical (unpaired) electrons. The van der Waals surface area contributed by atoms with Gasteiger partial charge < -0.3 is 4.74 Å². The van der Waals surface area contributed by atoms with Gasteiger partial charge in [0.05, 0.1) is 16.7 Å². The summed E-state index contributed by atoms with van der Waals surface area (Å²) >= 11 is 12.0. The molecule has 1 unspecified atom stereocenters. The second kappa shape index (κ2) is 6.71. The Labute approximate surface area is 123 Å². The van der Waals surface area contributed by atoms with E-state index in [1.54, 1.807) is 12.1 Å². The molecule has 19 heavy (non-hydrogen) atoms. The van der Waals surface area contributed by atoms with Gasteiger partial charge in [-0.1, -0.05) is 42.3 Å². The van der Waals surface area contributed by atoms with Crippen LogP contribution in [0.5, 0.6) is 0 Å². The number of rotatable bonds is 4. The third-order valence-corrected chi connectivity index (χ3v) is 4.21. The lowest BCUT2D eigenvalue weighted by molar-refractivity contribution is -0.135. The number of hydrogen-bond donors (Lipinski definition) is 0. The molecule has 0 N–H and O–H groups in total. The molecule has 1 aliphatic rings. The van der Waals surface area contributed by atoms with Crippen LogP contribution < -0.4 is 0 Å². The Hall–Kier alpha value is -0.610. The minimum Gasteiger partial charge on any atom is -0.368 e. The first-order chi connectivity index (χ1) is 9.11. The van der Waals surface area contributed by atoms with Crippen LogP contribution in [0, 0.1) is 0 Å². The fourth-order valence-electron chi connectivity index (χ4n) is 2.17. The Balaban J connectivity index is 2.02. The number of ketones is 1. The molecule has 0 aromatic heterocycles. The largest absolute Gasteiger partial charge is 0.368 e. The number of benzene rings is 1. The van der Waals surface area contributed by atoms with Gasteiger partial charge >= 0.3 is 0 Å². The molecular formula is C14H17Cl2NO2. The van der Waals surface area contributed by atoms with E-state index in [4.69, 9.17) is 27.9 Å². The second-order valence-electron chi connectivity index (χ2n) is 4.61. The molecule has 1 aromatic carbocycles. The summed E-state index contributed by atoms with van der Waals surface area (Å²) in [7, 11) is 0. The van der Waals surface area contributed by atoms with Crippen molar-refractivity contribution in [3.05, 3.63) is 33.8 Å². The third kappa shape index (κ3) is 3.69. The van der Waals surface area contributed by atoms with Gasteiger partial charge in [-0.05, 0) is 18.2 Å². The molecule has 1 aliphatic heterocycles. The highest BCUT2D eigenvalue weighted by molar-refractivity contribution is 6.42. The van der Waals surface area contributed by atoms with Gasteiger partial charge in [-0.15, -0.1) is 0 Å². The summed E-state index contributed by atoms with van der Waals surface area (Å²) in [6.07, 6.45) is -0.0922. The van der Waals surface area contributed by atoms with Gasteiger partial charge in [0.15, 0.2) is 5.78 Å². The average molecular weight is 302 g/mol. The van der Waals surface area contributed by atoms with Gasteiger partial charge in [0.2, 0.25) is 0 Å². The third-order valence-electron chi connectivity index (χ3n) is 3.35. The van der Waals surface area contributed by atoms with Crippen LogP contribution in [0.4, 0.5) is 0 Å². The van der Waals surface area contributed by atoms with Crippen LogP contribution in [0.25, 0.3) is 0 Å². The van der Waals surface area contributed by atoms with Crippen molar-refractivity contribution in [2.45, 2.75) is 19.4 Å². The quantitative estimate of drug-likeness (QED) is 0.856. The lowest BCUT2D eigenvalue weighted by Gasteiger charge is -2.31. The van der Waals surface area contributed by atoms with Gasteiger partial charge in [0, 0.05) is 19.5 Å². The van der Waals surface area contributed by atoms with Crippen molar-refractivity contribution in [3.63, 3.8) is 0 Å². The van der Waals surface area contributed by atoms with Crippen molar-refractivity contribution in [1.29, 1.82) is 0 Å². The average Bonchev–Trinajstić information content (AvgIpc) is 2.44. The highest BCUT2D eigenvalue weighted by Crippen LogP contribution is 2.26. The van der Waals surface area contributed by atoms with Gasteiger partial charge in [0.25, 0.3) is 0 Å². The lowest BCUT2D eigenvalue weighted by atomic mass is 10.0. The van der Waals surface area contributed by atoms with E-state index in [0.29, 0.717) is 23.2 Å². The molecule has 1 atom stereocenters. The molecule has 104 valence electrons. The van der Waals surface area contributed by atoms with Gasteiger partial charge in [0.1, 0.15) is 6.10 Å². The Morgan fingerprint density at radius 3 is 3.00 bits per heavy atom. The molecule has 0 saturated carbocycles. The summed E-state index contributed by atoms with van der Waals surface area (Å²) in [5.74, 6) is 0.0577. The summed E-state index contributed by atoms with van der Waals surface area (Å²) in [6, 6.07) is 5.34. The highest BCUT2D eigenvalue weighted by atomic mass is 35.5. The summed E-state index contributed by atoms with van der Waals surface area (Å²) in [5, 5.41) is 0.937. The van der Waals surface area contributed by atoms with Gasteiger partial charge in [-0.2, -0.15) is 0 Å². The molecule has 0 spiro atoms. The fourth-order valence-corrected chi connectivity index (χ4v) is 2.56. The summed E-state index contributed by atoms with van der Waals surface area (Å²) in [4.78, 5) is 14.5. The van der Waals surface area contributed by atoms with E-state index < -0.39 is 0 Å². The molecule has 5 heteroatoms. The first-order valence-electron chi connectivity index (χ1n) is 6.41. The van der Waals surface area contributed by atoms with E-state index in [1.807, 2.05) is 6.07 Å². The summed E-state index contributed by atoms with van der Waals surface area (Å²) < 4.78 is 5.55. The molecule has 3 nitrogen and oxygen atoms in total. The number of ether oxygens (including phenoxy) is 1. The fraction of sp³-hybridized carbons (Fsp3) is 0.500. The van der Waals surface area contributed by atoms with E-state index in [1.165, 1.54) is 0 Å². The van der Waals surface area contributed by atoms with Crippen molar-refractivity contribution in [2.75, 3.05) is 26.2 Å². The molecule has 0 bridgehead atoms. The van der Waals surface area contributed by atoms with Crippen molar-refractivity contribution < 1.29 is 9.53 Å². The van der Waals surface area contributed by atoms with Crippen LogP contribution in [0.2, 0.25) is 10.0 Å². The van der Waals surface area contributed by atoms with Crippen molar-refractivity contribution in [1.82, 2.24) is 4.90 Å². The molecule has 1 heterocycles. The number of carbonyl (C=O) groups excluding carboxylic acids is 1. The van der Waals surface area contributed by atoms with Crippen LogP contribution in [0.3, 0.4) is 0 Å². The van der Waals surface area contributed by atoms with E-state index in [-0.39, 0.29) is 18.3 Å². The van der Waals surface area contributed by atoms with Crippen molar-refractivity contribution >= 4 is 29.0 Å². The smallest absolute Gasteiger partial charge is 0.167 e. The van der Waals surface area contributed by atoms with E-state index in [9.17, 15) is 4.79 Å². The van der Waals surface area contributed by atoms with Gasteiger partial charge in [-0.25, -0.2) is 0 Å². The van der Waals surface area contributed by atoms with E-state index in [2.05, 4.69) is 11.8 Å². The minimum atomic E-state index is -0.358. The normalized spacial score (nSPS) is 20.5. The van der Waals surface area contributed by atoms with Crippen LogP contribution in [0.15, 0.2) is 18.2 Å². The predicted octanol–water partition coefficient (Wildman–Crippen LogP) is 2.83. The van der Waals surface area contributed by atoms with Crippen LogP contribution in [-0.2, 0) is 16.0 Å². The maximum absolute atomic E-state index is 12.2. The monoisotopic (exact) mass is 301 g/mol. The zero-order valence-electron chi connectivity index (χ0n) is 10.9. The Morgan fingerprint density at radius 2 is 2.26 bits per heavy atom. The molecule has 0 amide bonds. The summed E-state index contributed by atoms with van der Waals surface area (Å²) in [5.41, 5.74) is 0.761. The second-order valence-corrected chi connectivity index (χ2v) is 5.39. The maximum Gasteiger partial charge on any atom is 0.167 e. The molecule has 0 aliphatic carbocycles. The molecule has 1 saturated heterocycles. The Kier molecular flexibility index (Phi) is 5.22. The number of nitrogens with zero attached hydrogens (tertiary/aromatic N) is 1. The molecule has 2 rings (SSSR count). The maximum atomic E-state index is 12.2. The number of carbonyl (C=O) groups is 1. The molecule has 1 aromatic rings. The van der Waals surface area contributed by atoms with Crippen molar-refractivity contribution in [3.8, 4) is 0 Å². The van der Waals surface area contributed by atoms with Crippen LogP contribution in [0.1, 0.15) is 12.5 Å². The number of likely N-dealkylation sites (N-methyl/N-ethyl adjacent to an activating group) is 1. The Bertz CT molecular complexity index is 465. The lowest BCUT2D eigenvalue weighted by Crippen LogP contribution is -2.46. The first-order valence-corrected chi connectivity index (χ1v) is 7.17. The molecular weight excluding hydrogens is 285 g/mol. The van der Waals surface area contributed by atoms with Crippen LogP contribution >= 0.6 is 23.2 Å². The SMILES string of the molecule is CCN1CCOC(C(=O)Cc2cccc(Cl)c2Cl)C1. The first kappa shape index (κ1) is 14.8. The number of hydrogen-bond acceptors (Lipinski definition) is 3. The number of morpholine rings is 1. The van der Waals surface area contributed by atoms with Crippen LogP contribution in [-0.4, -0.2) is 43.0 Å². The number of Topliss-reactive ketones (excluding diaryl/α,β-unsaturated/α-hetero) is 1.